The molecule has 2 aromatic carbocycles. The number of methoxy groups -OCH3 is 1. The van der Waals surface area contributed by atoms with Crippen LogP contribution in [0.5, 0.6) is 5.75 Å². The summed E-state index contributed by atoms with van der Waals surface area (Å²) >= 11 is 6.06. The van der Waals surface area contributed by atoms with E-state index in [0.717, 1.165) is 5.56 Å². The number of carbonyl (C=O) groups excluding carboxylic acids is 2. The second-order valence-electron chi connectivity index (χ2n) is 7.24. The molecule has 0 bridgehead atoms. The normalized spacial score (nSPS) is 17.9. The van der Waals surface area contributed by atoms with Crippen LogP contribution < -0.4 is 4.74 Å². The van der Waals surface area contributed by atoms with Crippen LogP contribution >= 0.6 is 11.6 Å². The molecule has 1 aromatic heterocycles. The van der Waals surface area contributed by atoms with Crippen LogP contribution in [-0.4, -0.2) is 28.8 Å². The molecule has 0 aliphatic carbocycles. The van der Waals surface area contributed by atoms with Crippen LogP contribution in [0.4, 0.5) is 0 Å². The smallest absolute Gasteiger partial charge is 0.296 e. The average molecular weight is 438 g/mol. The largest absolute Gasteiger partial charge is 0.507 e. The fourth-order valence-electron chi connectivity index (χ4n) is 3.70. The molecule has 1 N–H and O–H groups in total. The van der Waals surface area contributed by atoms with Crippen molar-refractivity contribution < 1.29 is 23.8 Å². The SMILES string of the molecule is COc1cccc(CN2C(=O)C(=O)/C(=C(\O)c3cccc(Cl)c3)C2c2ccc(C)o2)c1. The van der Waals surface area contributed by atoms with Crippen LogP contribution in [-0.2, 0) is 16.1 Å². The van der Waals surface area contributed by atoms with Gasteiger partial charge in [0, 0.05) is 17.1 Å². The predicted molar refractivity (Wildman–Crippen MR) is 116 cm³/mol. The monoisotopic (exact) mass is 437 g/mol. The van der Waals surface area contributed by atoms with Crippen molar-refractivity contribution in [3.05, 3.63) is 93.9 Å². The zero-order chi connectivity index (χ0) is 22.1. The Morgan fingerprint density at radius 3 is 2.58 bits per heavy atom. The third-order valence-corrected chi connectivity index (χ3v) is 5.39. The van der Waals surface area contributed by atoms with Gasteiger partial charge in [0.05, 0.1) is 12.7 Å². The minimum Gasteiger partial charge on any atom is -0.507 e. The topological polar surface area (TPSA) is 80.0 Å². The maximum Gasteiger partial charge on any atom is 0.296 e. The van der Waals surface area contributed by atoms with E-state index in [1.165, 1.54) is 11.0 Å². The summed E-state index contributed by atoms with van der Waals surface area (Å²) in [7, 11) is 1.56. The van der Waals surface area contributed by atoms with Crippen LogP contribution in [0, 0.1) is 6.92 Å². The molecule has 1 unspecified atom stereocenters. The minimum atomic E-state index is -0.876. The number of likely N-dealkylation sites (tertiary alicyclic amines) is 1. The Kier molecular flexibility index (Phi) is 5.57. The zero-order valence-corrected chi connectivity index (χ0v) is 17.7. The summed E-state index contributed by atoms with van der Waals surface area (Å²) in [4.78, 5) is 27.4. The van der Waals surface area contributed by atoms with Gasteiger partial charge >= 0.3 is 0 Å². The lowest BCUT2D eigenvalue weighted by atomic mass is 9.99. The third kappa shape index (κ3) is 3.94. The molecule has 1 aliphatic heterocycles. The number of furan rings is 1. The number of halogens is 1. The molecule has 6 nitrogen and oxygen atoms in total. The Hall–Kier alpha value is -3.51. The molecule has 1 amide bonds. The van der Waals surface area contributed by atoms with E-state index >= 15 is 0 Å². The van der Waals surface area contributed by atoms with E-state index in [9.17, 15) is 14.7 Å². The minimum absolute atomic E-state index is 0.0375. The van der Waals surface area contributed by atoms with Crippen molar-refractivity contribution in [2.75, 3.05) is 7.11 Å². The van der Waals surface area contributed by atoms with Crippen molar-refractivity contribution in [1.82, 2.24) is 4.90 Å². The Morgan fingerprint density at radius 1 is 1.13 bits per heavy atom. The Balaban J connectivity index is 1.84. The summed E-state index contributed by atoms with van der Waals surface area (Å²) in [5, 5.41) is 11.4. The highest BCUT2D eigenvalue weighted by Gasteiger charge is 2.47. The summed E-state index contributed by atoms with van der Waals surface area (Å²) in [5.41, 5.74) is 1.09. The first-order valence-corrected chi connectivity index (χ1v) is 10.0. The number of rotatable bonds is 5. The highest BCUT2D eigenvalue weighted by molar-refractivity contribution is 6.46. The van der Waals surface area contributed by atoms with Crippen LogP contribution in [0.25, 0.3) is 5.76 Å². The summed E-state index contributed by atoms with van der Waals surface area (Å²) in [6, 6.07) is 16.3. The van der Waals surface area contributed by atoms with Gasteiger partial charge in [0.15, 0.2) is 0 Å². The summed E-state index contributed by atoms with van der Waals surface area (Å²) in [6.07, 6.45) is 0. The number of hydrogen-bond acceptors (Lipinski definition) is 5. The second-order valence-corrected chi connectivity index (χ2v) is 7.67. The quantitative estimate of drug-likeness (QED) is 0.350. The third-order valence-electron chi connectivity index (χ3n) is 5.16. The molecule has 1 fully saturated rings. The van der Waals surface area contributed by atoms with Gasteiger partial charge in [-0.2, -0.15) is 0 Å². The number of aliphatic hydroxyl groups is 1. The van der Waals surface area contributed by atoms with Gasteiger partial charge in [-0.05, 0) is 48.9 Å². The summed E-state index contributed by atoms with van der Waals surface area (Å²) in [6.45, 7) is 1.91. The highest BCUT2D eigenvalue weighted by atomic mass is 35.5. The summed E-state index contributed by atoms with van der Waals surface area (Å²) < 4.78 is 11.0. The van der Waals surface area contributed by atoms with Gasteiger partial charge in [-0.1, -0.05) is 35.9 Å². The lowest BCUT2D eigenvalue weighted by Gasteiger charge is -2.23. The molecule has 1 aliphatic rings. The fourth-order valence-corrected chi connectivity index (χ4v) is 3.89. The van der Waals surface area contributed by atoms with Crippen molar-refractivity contribution in [2.45, 2.75) is 19.5 Å². The number of aliphatic hydroxyl groups excluding tert-OH is 1. The van der Waals surface area contributed by atoms with E-state index in [1.54, 1.807) is 56.5 Å². The predicted octanol–water partition coefficient (Wildman–Crippen LogP) is 4.87. The standard InChI is InChI=1S/C24H20ClNO5/c1-14-9-10-19(31-14)21-20(22(27)16-6-4-7-17(25)12-16)23(28)24(29)26(21)13-15-5-3-8-18(11-15)30-2/h3-12,21,27H,13H2,1-2H3/b22-20-. The van der Waals surface area contributed by atoms with Crippen molar-refractivity contribution in [2.24, 2.45) is 0 Å². The first-order chi connectivity index (χ1) is 14.9. The van der Waals surface area contributed by atoms with Crippen molar-refractivity contribution in [3.8, 4) is 5.75 Å². The van der Waals surface area contributed by atoms with Gasteiger partial charge in [-0.25, -0.2) is 0 Å². The van der Waals surface area contributed by atoms with E-state index in [-0.39, 0.29) is 17.9 Å². The molecule has 31 heavy (non-hydrogen) atoms. The first-order valence-electron chi connectivity index (χ1n) is 9.62. The number of aryl methyl sites for hydroxylation is 1. The number of Topliss-reactive ketones (excluding diaryl/α,β-unsaturated/α-hetero) is 1. The lowest BCUT2D eigenvalue weighted by molar-refractivity contribution is -0.140. The average Bonchev–Trinajstić information content (AvgIpc) is 3.29. The van der Waals surface area contributed by atoms with Crippen LogP contribution in [0.3, 0.4) is 0 Å². The lowest BCUT2D eigenvalue weighted by Crippen LogP contribution is -2.29. The number of nitrogens with zero attached hydrogens (tertiary/aromatic N) is 1. The number of benzene rings is 2. The molecule has 0 spiro atoms. The molecule has 2 heterocycles. The molecule has 1 saturated heterocycles. The molecule has 158 valence electrons. The molecule has 0 saturated carbocycles. The first kappa shape index (κ1) is 20.8. The van der Waals surface area contributed by atoms with Crippen molar-refractivity contribution in [1.29, 1.82) is 0 Å². The van der Waals surface area contributed by atoms with Gasteiger partial charge in [0.25, 0.3) is 11.7 Å². The van der Waals surface area contributed by atoms with Crippen LogP contribution in [0.1, 0.15) is 28.7 Å². The van der Waals surface area contributed by atoms with Gasteiger partial charge in [-0.3, -0.25) is 9.59 Å². The molecule has 4 rings (SSSR count). The number of ether oxygens (including phenoxy) is 1. The number of amides is 1. The second kappa shape index (κ2) is 8.32. The van der Waals surface area contributed by atoms with Gasteiger partial charge in [0.1, 0.15) is 29.1 Å². The number of ketones is 1. The Labute approximate surface area is 184 Å². The maximum absolute atomic E-state index is 13.0. The Bertz CT molecular complexity index is 1200. The van der Waals surface area contributed by atoms with Crippen LogP contribution in [0.15, 0.2) is 70.7 Å². The maximum atomic E-state index is 13.0. The van der Waals surface area contributed by atoms with Gasteiger partial charge in [0.2, 0.25) is 0 Å². The highest BCUT2D eigenvalue weighted by Crippen LogP contribution is 2.41. The zero-order valence-electron chi connectivity index (χ0n) is 17.0. The van der Waals surface area contributed by atoms with E-state index in [0.29, 0.717) is 27.9 Å². The molecule has 7 heteroatoms. The number of carbonyl (C=O) groups is 2. The van der Waals surface area contributed by atoms with Crippen molar-refractivity contribution >= 4 is 29.1 Å². The van der Waals surface area contributed by atoms with E-state index < -0.39 is 17.7 Å². The summed E-state index contributed by atoms with van der Waals surface area (Å²) in [5.74, 6) is -0.135. The van der Waals surface area contributed by atoms with Crippen molar-refractivity contribution in [3.63, 3.8) is 0 Å². The molecular weight excluding hydrogens is 418 g/mol. The van der Waals surface area contributed by atoms with E-state index in [4.69, 9.17) is 20.8 Å². The molecular formula is C24H20ClNO5. The van der Waals surface area contributed by atoms with Crippen LogP contribution in [0.2, 0.25) is 5.02 Å². The number of hydrogen-bond donors (Lipinski definition) is 1. The molecule has 3 aromatic rings. The van der Waals surface area contributed by atoms with E-state index in [2.05, 4.69) is 0 Å². The molecule has 1 atom stereocenters. The molecule has 0 radical (unpaired) electrons. The fraction of sp³-hybridized carbons (Fsp3) is 0.167. The van der Waals surface area contributed by atoms with Gasteiger partial charge in [-0.15, -0.1) is 0 Å². The van der Waals surface area contributed by atoms with E-state index in [1.807, 2.05) is 12.1 Å². The Morgan fingerprint density at radius 2 is 1.90 bits per heavy atom. The van der Waals surface area contributed by atoms with Gasteiger partial charge < -0.3 is 19.2 Å².